The van der Waals surface area contributed by atoms with E-state index in [0.29, 0.717) is 12.4 Å². The molecule has 8 heteroatoms. The zero-order valence-corrected chi connectivity index (χ0v) is 10.1. The zero-order chi connectivity index (χ0) is 14.5. The largest absolute Gasteiger partial charge is 0.370 e. The molecule has 0 unspecified atom stereocenters. The summed E-state index contributed by atoms with van der Waals surface area (Å²) < 4.78 is 49.1. The minimum absolute atomic E-state index is 0.0658. The minimum atomic E-state index is -4.24. The second kappa shape index (κ2) is 6.35. The van der Waals surface area contributed by atoms with Crippen molar-refractivity contribution in [1.82, 2.24) is 10.3 Å². The molecule has 0 aliphatic rings. The van der Waals surface area contributed by atoms with Gasteiger partial charge < -0.3 is 10.6 Å². The van der Waals surface area contributed by atoms with Crippen LogP contribution in [0.4, 0.5) is 23.4 Å². The summed E-state index contributed by atoms with van der Waals surface area (Å²) in [6, 6.07) is 2.65. The fourth-order valence-corrected chi connectivity index (χ4v) is 1.23. The number of carbonyl (C=O) groups excluding carboxylic acids is 1. The van der Waals surface area contributed by atoms with Crippen LogP contribution in [-0.4, -0.2) is 36.3 Å². The normalized spacial score (nSPS) is 11.5. The highest BCUT2D eigenvalue weighted by Crippen LogP contribution is 2.21. The molecule has 1 aromatic heterocycles. The molecule has 19 heavy (non-hydrogen) atoms. The molecule has 0 saturated carbocycles. The third kappa shape index (κ3) is 4.38. The van der Waals surface area contributed by atoms with Crippen molar-refractivity contribution in [3.63, 3.8) is 0 Å². The molecule has 1 rings (SSSR count). The van der Waals surface area contributed by atoms with Gasteiger partial charge in [-0.25, -0.2) is 13.8 Å². The lowest BCUT2D eigenvalue weighted by molar-refractivity contribution is -0.123. The molecule has 0 atom stereocenters. The molecule has 106 valence electrons. The number of amides is 1. The highest BCUT2D eigenvalue weighted by atomic mass is 19.3. The van der Waals surface area contributed by atoms with E-state index in [0.717, 1.165) is 0 Å². The maximum absolute atomic E-state index is 12.6. The molecule has 0 bridgehead atoms. The summed E-state index contributed by atoms with van der Waals surface area (Å²) >= 11 is 0. The molecule has 4 nitrogen and oxygen atoms in total. The fourth-order valence-electron chi connectivity index (χ4n) is 1.23. The van der Waals surface area contributed by atoms with Crippen LogP contribution in [0.15, 0.2) is 18.3 Å². The number of hydrogen-bond donors (Lipinski definition) is 2. The second-order valence-corrected chi connectivity index (χ2v) is 3.70. The number of nitrogens with one attached hydrogen (secondary N) is 2. The number of aromatic nitrogens is 1. The summed E-state index contributed by atoms with van der Waals surface area (Å²) in [6.45, 7) is 0.974. The summed E-state index contributed by atoms with van der Waals surface area (Å²) in [7, 11) is 0. The quantitative estimate of drug-likeness (QED) is 0.784. The van der Waals surface area contributed by atoms with Crippen molar-refractivity contribution in [2.75, 3.05) is 18.4 Å². The monoisotopic (exact) mass is 279 g/mol. The highest BCUT2D eigenvalue weighted by molar-refractivity contribution is 5.94. The number of alkyl halides is 4. The number of anilines is 1. The molecular weight excluding hydrogens is 266 g/mol. The van der Waals surface area contributed by atoms with Gasteiger partial charge in [0, 0.05) is 18.3 Å². The van der Waals surface area contributed by atoms with Crippen LogP contribution < -0.4 is 10.6 Å². The van der Waals surface area contributed by atoms with E-state index in [1.165, 1.54) is 18.3 Å². The summed E-state index contributed by atoms with van der Waals surface area (Å²) in [5, 5.41) is 4.60. The van der Waals surface area contributed by atoms with E-state index in [1.54, 1.807) is 5.32 Å². The van der Waals surface area contributed by atoms with Gasteiger partial charge in [0.1, 0.15) is 5.82 Å². The maximum Gasteiger partial charge on any atom is 0.324 e. The van der Waals surface area contributed by atoms with E-state index in [1.807, 2.05) is 6.92 Å². The van der Waals surface area contributed by atoms with Crippen LogP contribution in [-0.2, 0) is 0 Å². The first-order valence-corrected chi connectivity index (χ1v) is 5.51. The Morgan fingerprint density at radius 3 is 2.74 bits per heavy atom. The topological polar surface area (TPSA) is 54.0 Å². The van der Waals surface area contributed by atoms with Gasteiger partial charge in [-0.15, -0.1) is 0 Å². The van der Waals surface area contributed by atoms with Crippen LogP contribution in [0.25, 0.3) is 0 Å². The van der Waals surface area contributed by atoms with E-state index in [9.17, 15) is 22.4 Å². The van der Waals surface area contributed by atoms with Gasteiger partial charge in [0.25, 0.3) is 5.91 Å². The Balaban J connectivity index is 2.66. The first kappa shape index (κ1) is 15.2. The van der Waals surface area contributed by atoms with Crippen LogP contribution in [0.1, 0.15) is 17.3 Å². The lowest BCUT2D eigenvalue weighted by Crippen LogP contribution is -2.41. The van der Waals surface area contributed by atoms with Crippen LogP contribution in [0.2, 0.25) is 0 Å². The number of rotatable bonds is 6. The van der Waals surface area contributed by atoms with Crippen molar-refractivity contribution in [1.29, 1.82) is 0 Å². The van der Waals surface area contributed by atoms with Crippen molar-refractivity contribution in [2.24, 2.45) is 0 Å². The lowest BCUT2D eigenvalue weighted by atomic mass is 10.2. The summed E-state index contributed by atoms with van der Waals surface area (Å²) in [6.07, 6.45) is -2.50. The average Bonchev–Trinajstić information content (AvgIpc) is 2.36. The predicted molar refractivity (Wildman–Crippen MR) is 61.7 cm³/mol. The van der Waals surface area contributed by atoms with Crippen molar-refractivity contribution in [3.05, 3.63) is 23.9 Å². The number of hydrogen-bond acceptors (Lipinski definition) is 3. The lowest BCUT2D eigenvalue weighted by Gasteiger charge is -2.15. The van der Waals surface area contributed by atoms with Crippen molar-refractivity contribution < 1.29 is 22.4 Å². The van der Waals surface area contributed by atoms with E-state index in [-0.39, 0.29) is 5.56 Å². The van der Waals surface area contributed by atoms with Crippen molar-refractivity contribution in [3.8, 4) is 0 Å². The molecule has 2 N–H and O–H groups in total. The van der Waals surface area contributed by atoms with Gasteiger partial charge in [0.15, 0.2) is 0 Å². The molecule has 0 radical (unpaired) electrons. The molecule has 1 heterocycles. The molecule has 0 saturated heterocycles. The smallest absolute Gasteiger partial charge is 0.324 e. The molecule has 1 amide bonds. The van der Waals surface area contributed by atoms with Gasteiger partial charge >= 0.3 is 12.3 Å². The third-order valence-corrected chi connectivity index (χ3v) is 2.18. The van der Waals surface area contributed by atoms with Gasteiger partial charge in [0.05, 0.1) is 6.54 Å². The Morgan fingerprint density at radius 1 is 1.47 bits per heavy atom. The summed E-state index contributed by atoms with van der Waals surface area (Å²) in [4.78, 5) is 15.4. The van der Waals surface area contributed by atoms with Crippen LogP contribution in [0.5, 0.6) is 0 Å². The molecule has 0 spiro atoms. The SMILES string of the molecule is CCNc1cc(C(=O)NCC(F)(F)C(F)F)ccn1. The Labute approximate surface area is 107 Å². The second-order valence-electron chi connectivity index (χ2n) is 3.70. The molecule has 0 aliphatic heterocycles. The number of nitrogens with zero attached hydrogens (tertiary/aromatic N) is 1. The molecular formula is C11H13F4N3O. The van der Waals surface area contributed by atoms with Gasteiger partial charge in [-0.3, -0.25) is 4.79 Å². The van der Waals surface area contributed by atoms with Gasteiger partial charge in [-0.2, -0.15) is 8.78 Å². The molecule has 0 aliphatic carbocycles. The average molecular weight is 279 g/mol. The predicted octanol–water partition coefficient (Wildman–Crippen LogP) is 2.14. The van der Waals surface area contributed by atoms with Crippen LogP contribution in [0, 0.1) is 0 Å². The molecule has 1 aromatic rings. The Bertz CT molecular complexity index is 440. The standard InChI is InChI=1S/C11H13F4N3O/c1-2-16-8-5-7(3-4-17-8)9(19)18-6-11(14,15)10(12)13/h3-5,10H,2,6H2,1H3,(H,16,17)(H,18,19). The maximum atomic E-state index is 12.6. The van der Waals surface area contributed by atoms with Crippen LogP contribution >= 0.6 is 0 Å². The Morgan fingerprint density at radius 2 is 2.16 bits per heavy atom. The molecule has 0 fully saturated rings. The van der Waals surface area contributed by atoms with E-state index in [4.69, 9.17) is 0 Å². The van der Waals surface area contributed by atoms with Gasteiger partial charge in [-0.1, -0.05) is 0 Å². The number of carbonyl (C=O) groups is 1. The summed E-state index contributed by atoms with van der Waals surface area (Å²) in [5.41, 5.74) is 0.0658. The van der Waals surface area contributed by atoms with Crippen LogP contribution in [0.3, 0.4) is 0 Å². The number of pyridine rings is 1. The fraction of sp³-hybridized carbons (Fsp3) is 0.455. The molecule has 0 aromatic carbocycles. The van der Waals surface area contributed by atoms with E-state index >= 15 is 0 Å². The third-order valence-electron chi connectivity index (χ3n) is 2.18. The van der Waals surface area contributed by atoms with Crippen molar-refractivity contribution in [2.45, 2.75) is 19.3 Å². The minimum Gasteiger partial charge on any atom is -0.370 e. The van der Waals surface area contributed by atoms with E-state index in [2.05, 4.69) is 10.3 Å². The first-order chi connectivity index (χ1) is 8.86. The van der Waals surface area contributed by atoms with E-state index < -0.39 is 24.8 Å². The zero-order valence-electron chi connectivity index (χ0n) is 10.1. The highest BCUT2D eigenvalue weighted by Gasteiger charge is 2.40. The Hall–Kier alpha value is -1.86. The van der Waals surface area contributed by atoms with Crippen molar-refractivity contribution >= 4 is 11.7 Å². The summed E-state index contributed by atoms with van der Waals surface area (Å²) in [5.74, 6) is -4.70. The first-order valence-electron chi connectivity index (χ1n) is 5.51. The van der Waals surface area contributed by atoms with Gasteiger partial charge in [-0.05, 0) is 19.1 Å². The Kier molecular flexibility index (Phi) is 5.08. The van der Waals surface area contributed by atoms with Gasteiger partial charge in [0.2, 0.25) is 0 Å². The number of halogens is 4.